The lowest BCUT2D eigenvalue weighted by Gasteiger charge is -2.12. The minimum atomic E-state index is 0.309. The van der Waals surface area contributed by atoms with Crippen LogP contribution in [0.15, 0.2) is 0 Å². The molecule has 0 atom stereocenters. The van der Waals surface area contributed by atoms with E-state index >= 15 is 0 Å². The van der Waals surface area contributed by atoms with Gasteiger partial charge >= 0.3 is 0 Å². The van der Waals surface area contributed by atoms with Crippen molar-refractivity contribution in [2.75, 3.05) is 24.2 Å². The number of nitrogens with two attached hydrogens (primary N) is 1. The molecule has 0 aliphatic rings. The zero-order valence-corrected chi connectivity index (χ0v) is 12.5. The monoisotopic (exact) mass is 266 g/mol. The Morgan fingerprint density at radius 2 is 2.00 bits per heavy atom. The number of aryl methyl sites for hydroxylation is 1. The van der Waals surface area contributed by atoms with Gasteiger partial charge in [0, 0.05) is 25.1 Å². The highest BCUT2D eigenvalue weighted by Crippen LogP contribution is 2.17. The highest BCUT2D eigenvalue weighted by Gasteiger charge is 2.07. The van der Waals surface area contributed by atoms with Crippen molar-refractivity contribution in [1.82, 2.24) is 9.97 Å². The first-order valence-electron chi connectivity index (χ1n) is 7.03. The van der Waals surface area contributed by atoms with Crippen LogP contribution in [0.5, 0.6) is 0 Å². The Morgan fingerprint density at radius 1 is 1.26 bits per heavy atom. The van der Waals surface area contributed by atoms with E-state index in [-0.39, 0.29) is 0 Å². The van der Waals surface area contributed by atoms with Crippen molar-refractivity contribution in [1.29, 1.82) is 0 Å². The molecule has 0 fully saturated rings. The van der Waals surface area contributed by atoms with Gasteiger partial charge in [-0.15, -0.1) is 0 Å². The predicted molar refractivity (Wildman–Crippen MR) is 79.4 cm³/mol. The van der Waals surface area contributed by atoms with Crippen LogP contribution in [0.4, 0.5) is 11.6 Å². The van der Waals surface area contributed by atoms with Gasteiger partial charge in [-0.1, -0.05) is 6.92 Å². The Hall–Kier alpha value is -1.36. The van der Waals surface area contributed by atoms with E-state index < -0.39 is 0 Å². The van der Waals surface area contributed by atoms with Crippen molar-refractivity contribution in [3.63, 3.8) is 0 Å². The Balaban J connectivity index is 2.38. The molecule has 108 valence electrons. The number of nitrogens with one attached hydrogen (secondary N) is 1. The van der Waals surface area contributed by atoms with E-state index in [0.717, 1.165) is 49.6 Å². The molecule has 1 aromatic heterocycles. The molecule has 5 heteroatoms. The van der Waals surface area contributed by atoms with Gasteiger partial charge in [0.25, 0.3) is 0 Å². The lowest BCUT2D eigenvalue weighted by molar-refractivity contribution is 0.0765. The van der Waals surface area contributed by atoms with Gasteiger partial charge in [0.2, 0.25) is 0 Å². The fourth-order valence-corrected chi connectivity index (χ4v) is 1.67. The summed E-state index contributed by atoms with van der Waals surface area (Å²) in [6, 6.07) is 0. The maximum absolute atomic E-state index is 5.87. The number of ether oxygens (including phenoxy) is 1. The third-order valence-corrected chi connectivity index (χ3v) is 2.86. The number of nitrogens with zero attached hydrogens (tertiary/aromatic N) is 2. The maximum atomic E-state index is 5.87. The minimum absolute atomic E-state index is 0.309. The van der Waals surface area contributed by atoms with Crippen LogP contribution in [0, 0.1) is 6.92 Å². The smallest absolute Gasteiger partial charge is 0.134 e. The number of hydrogen-bond acceptors (Lipinski definition) is 5. The van der Waals surface area contributed by atoms with Crippen molar-refractivity contribution in [3.05, 3.63) is 11.4 Å². The maximum Gasteiger partial charge on any atom is 0.134 e. The first kappa shape index (κ1) is 15.7. The SMILES string of the molecule is CCc1nc(N)c(C)c(NCCCCOC(C)C)n1. The fourth-order valence-electron chi connectivity index (χ4n) is 1.67. The summed E-state index contributed by atoms with van der Waals surface area (Å²) < 4.78 is 5.50. The summed E-state index contributed by atoms with van der Waals surface area (Å²) in [4.78, 5) is 8.70. The summed E-state index contributed by atoms with van der Waals surface area (Å²) >= 11 is 0. The molecule has 1 rings (SSSR count). The molecule has 3 N–H and O–H groups in total. The Labute approximate surface area is 116 Å². The van der Waals surface area contributed by atoms with E-state index in [2.05, 4.69) is 29.1 Å². The summed E-state index contributed by atoms with van der Waals surface area (Å²) in [6.45, 7) is 9.76. The second-order valence-electron chi connectivity index (χ2n) is 4.91. The standard InChI is InChI=1S/C14H26N4O/c1-5-12-17-13(15)11(4)14(18-12)16-8-6-7-9-19-10(2)3/h10H,5-9H2,1-4H3,(H3,15,16,17,18). The van der Waals surface area contributed by atoms with Gasteiger partial charge in [0.1, 0.15) is 17.5 Å². The Morgan fingerprint density at radius 3 is 2.63 bits per heavy atom. The van der Waals surface area contributed by atoms with Crippen LogP contribution in [0.3, 0.4) is 0 Å². The van der Waals surface area contributed by atoms with Crippen LogP contribution >= 0.6 is 0 Å². The van der Waals surface area contributed by atoms with Crippen LogP contribution in [0.2, 0.25) is 0 Å². The van der Waals surface area contributed by atoms with E-state index in [4.69, 9.17) is 10.5 Å². The Bertz CT molecular complexity index is 393. The molecule has 0 unspecified atom stereocenters. The van der Waals surface area contributed by atoms with Crippen molar-refractivity contribution < 1.29 is 4.74 Å². The van der Waals surface area contributed by atoms with Crippen molar-refractivity contribution in [2.24, 2.45) is 0 Å². The van der Waals surface area contributed by atoms with Gasteiger partial charge in [0.05, 0.1) is 6.10 Å². The summed E-state index contributed by atoms with van der Waals surface area (Å²) in [6.07, 6.45) is 3.20. The number of nitrogen functional groups attached to an aromatic ring is 1. The summed E-state index contributed by atoms with van der Waals surface area (Å²) in [7, 11) is 0. The molecule has 0 saturated carbocycles. The molecule has 19 heavy (non-hydrogen) atoms. The normalized spacial score (nSPS) is 11.0. The third kappa shape index (κ3) is 5.42. The van der Waals surface area contributed by atoms with Crippen LogP contribution in [0.1, 0.15) is 45.0 Å². The largest absolute Gasteiger partial charge is 0.383 e. The van der Waals surface area contributed by atoms with Crippen LogP contribution in [-0.2, 0) is 11.2 Å². The van der Waals surface area contributed by atoms with Gasteiger partial charge in [0.15, 0.2) is 0 Å². The number of hydrogen-bond donors (Lipinski definition) is 2. The number of rotatable bonds is 8. The minimum Gasteiger partial charge on any atom is -0.383 e. The predicted octanol–water partition coefficient (Wildman–Crippen LogP) is 2.55. The molecular weight excluding hydrogens is 240 g/mol. The molecule has 0 aliphatic carbocycles. The van der Waals surface area contributed by atoms with E-state index in [0.29, 0.717) is 11.9 Å². The van der Waals surface area contributed by atoms with Crippen LogP contribution in [-0.4, -0.2) is 29.2 Å². The average molecular weight is 266 g/mol. The number of unbranched alkanes of at least 4 members (excludes halogenated alkanes) is 1. The molecule has 0 bridgehead atoms. The second-order valence-corrected chi connectivity index (χ2v) is 4.91. The second kappa shape index (κ2) is 7.94. The van der Waals surface area contributed by atoms with Crippen molar-refractivity contribution in [3.8, 4) is 0 Å². The summed E-state index contributed by atoms with van der Waals surface area (Å²) in [5.41, 5.74) is 6.80. The van der Waals surface area contributed by atoms with Crippen molar-refractivity contribution >= 4 is 11.6 Å². The lowest BCUT2D eigenvalue weighted by atomic mass is 10.2. The number of anilines is 2. The topological polar surface area (TPSA) is 73.1 Å². The molecule has 0 spiro atoms. The molecule has 0 amide bonds. The van der Waals surface area contributed by atoms with Gasteiger partial charge in [-0.2, -0.15) is 0 Å². The number of aromatic nitrogens is 2. The van der Waals surface area contributed by atoms with E-state index in [9.17, 15) is 0 Å². The molecule has 0 saturated heterocycles. The van der Waals surface area contributed by atoms with Crippen molar-refractivity contribution in [2.45, 2.75) is 53.1 Å². The average Bonchev–Trinajstić information content (AvgIpc) is 2.37. The highest BCUT2D eigenvalue weighted by molar-refractivity contribution is 5.54. The molecule has 0 radical (unpaired) electrons. The lowest BCUT2D eigenvalue weighted by Crippen LogP contribution is -2.11. The summed E-state index contributed by atoms with van der Waals surface area (Å²) in [5.74, 6) is 2.21. The van der Waals surface area contributed by atoms with Gasteiger partial charge in [-0.25, -0.2) is 9.97 Å². The van der Waals surface area contributed by atoms with Crippen LogP contribution in [0.25, 0.3) is 0 Å². The molecule has 1 heterocycles. The first-order valence-corrected chi connectivity index (χ1v) is 7.03. The van der Waals surface area contributed by atoms with E-state index in [1.165, 1.54) is 0 Å². The van der Waals surface area contributed by atoms with Gasteiger partial charge in [-0.05, 0) is 33.6 Å². The molecule has 0 aromatic carbocycles. The zero-order valence-electron chi connectivity index (χ0n) is 12.5. The van der Waals surface area contributed by atoms with Crippen LogP contribution < -0.4 is 11.1 Å². The molecule has 1 aromatic rings. The van der Waals surface area contributed by atoms with E-state index in [1.54, 1.807) is 0 Å². The molecule has 5 nitrogen and oxygen atoms in total. The molecular formula is C14H26N4O. The third-order valence-electron chi connectivity index (χ3n) is 2.86. The van der Waals surface area contributed by atoms with Gasteiger partial charge < -0.3 is 15.8 Å². The fraction of sp³-hybridized carbons (Fsp3) is 0.714. The molecule has 0 aliphatic heterocycles. The zero-order chi connectivity index (χ0) is 14.3. The van der Waals surface area contributed by atoms with E-state index in [1.807, 2.05) is 13.8 Å². The summed E-state index contributed by atoms with van der Waals surface area (Å²) in [5, 5.41) is 3.33. The Kier molecular flexibility index (Phi) is 6.56. The quantitative estimate of drug-likeness (QED) is 0.707. The van der Waals surface area contributed by atoms with Gasteiger partial charge in [-0.3, -0.25) is 0 Å². The first-order chi connectivity index (χ1) is 9.04. The highest BCUT2D eigenvalue weighted by atomic mass is 16.5.